The molecule has 0 spiro atoms. The lowest BCUT2D eigenvalue weighted by Crippen LogP contribution is -2.54. The zero-order valence-electron chi connectivity index (χ0n) is 13.4. The highest BCUT2D eigenvalue weighted by molar-refractivity contribution is 5.66. The fourth-order valence-electron chi connectivity index (χ4n) is 3.91. The zero-order valence-corrected chi connectivity index (χ0v) is 13.4. The quantitative estimate of drug-likeness (QED) is 0.584. The minimum absolute atomic E-state index is 0.0230. The molecule has 1 aliphatic heterocycles. The fraction of sp³-hybridized carbons (Fsp3) is 0.824. The maximum absolute atomic E-state index is 11.5. The van der Waals surface area contributed by atoms with Crippen LogP contribution in [0.15, 0.2) is 12.2 Å². The summed E-state index contributed by atoms with van der Waals surface area (Å²) < 4.78 is 11.9. The van der Waals surface area contributed by atoms with Crippen molar-refractivity contribution in [1.29, 1.82) is 0 Å². The Morgan fingerprint density at radius 1 is 1.40 bits per heavy atom. The molecular weight excluding hydrogens is 252 g/mol. The van der Waals surface area contributed by atoms with E-state index in [1.165, 1.54) is 6.92 Å². The van der Waals surface area contributed by atoms with Gasteiger partial charge in [-0.1, -0.05) is 32.4 Å². The summed E-state index contributed by atoms with van der Waals surface area (Å²) in [5.74, 6) is 1.19. The summed E-state index contributed by atoms with van der Waals surface area (Å²) in [6.45, 7) is 10.2. The molecule has 114 valence electrons. The molecule has 3 heteroatoms. The van der Waals surface area contributed by atoms with Gasteiger partial charge in [0.25, 0.3) is 0 Å². The van der Waals surface area contributed by atoms with E-state index in [1.807, 2.05) is 0 Å². The molecule has 0 aromatic carbocycles. The normalized spacial score (nSPS) is 39.1. The summed E-state index contributed by atoms with van der Waals surface area (Å²) >= 11 is 0. The second-order valence-electron chi connectivity index (χ2n) is 6.97. The minimum atomic E-state index is -0.233. The first-order valence-corrected chi connectivity index (χ1v) is 7.87. The van der Waals surface area contributed by atoms with E-state index in [2.05, 4.69) is 39.8 Å². The summed E-state index contributed by atoms with van der Waals surface area (Å²) in [5, 5.41) is 0. The van der Waals surface area contributed by atoms with Crippen LogP contribution in [-0.4, -0.2) is 23.8 Å². The van der Waals surface area contributed by atoms with Crippen LogP contribution >= 0.6 is 0 Å². The smallest absolute Gasteiger partial charge is 0.302 e. The molecule has 0 saturated carbocycles. The number of esters is 1. The molecule has 20 heavy (non-hydrogen) atoms. The molecule has 3 nitrogen and oxygen atoms in total. The highest BCUT2D eigenvalue weighted by Crippen LogP contribution is 2.45. The van der Waals surface area contributed by atoms with Gasteiger partial charge in [-0.05, 0) is 32.1 Å². The Hall–Kier alpha value is -0.830. The first-order chi connectivity index (χ1) is 9.34. The van der Waals surface area contributed by atoms with Crippen molar-refractivity contribution in [3.63, 3.8) is 0 Å². The van der Waals surface area contributed by atoms with E-state index in [0.717, 1.165) is 19.3 Å². The maximum Gasteiger partial charge on any atom is 0.302 e. The lowest BCUT2D eigenvalue weighted by molar-refractivity contribution is -0.197. The summed E-state index contributed by atoms with van der Waals surface area (Å²) in [7, 11) is 0. The topological polar surface area (TPSA) is 35.5 Å². The molecule has 0 radical (unpaired) electrons. The van der Waals surface area contributed by atoms with Gasteiger partial charge in [0.1, 0.15) is 6.10 Å². The Morgan fingerprint density at radius 3 is 2.70 bits per heavy atom. The van der Waals surface area contributed by atoms with Gasteiger partial charge >= 0.3 is 5.97 Å². The Labute approximate surface area is 122 Å². The first-order valence-electron chi connectivity index (χ1n) is 7.87. The molecule has 1 fully saturated rings. The second-order valence-corrected chi connectivity index (χ2v) is 6.97. The molecule has 1 aliphatic carbocycles. The number of carbonyl (C=O) groups is 1. The van der Waals surface area contributed by atoms with Crippen LogP contribution < -0.4 is 0 Å². The molecule has 0 aromatic rings. The van der Waals surface area contributed by atoms with Crippen LogP contribution in [-0.2, 0) is 14.3 Å². The Balaban J connectivity index is 2.28. The van der Waals surface area contributed by atoms with Crippen LogP contribution in [0.25, 0.3) is 0 Å². The number of rotatable bonds is 3. The third-order valence-corrected chi connectivity index (χ3v) is 4.67. The number of carbonyl (C=O) groups excluding carboxylic acids is 1. The van der Waals surface area contributed by atoms with Gasteiger partial charge in [0.2, 0.25) is 0 Å². The fourth-order valence-corrected chi connectivity index (χ4v) is 3.91. The van der Waals surface area contributed by atoms with Gasteiger partial charge in [-0.3, -0.25) is 4.79 Å². The van der Waals surface area contributed by atoms with E-state index in [1.54, 1.807) is 0 Å². The number of ether oxygens (including phenoxy) is 2. The molecule has 2 aliphatic rings. The van der Waals surface area contributed by atoms with Gasteiger partial charge in [0, 0.05) is 19.3 Å². The monoisotopic (exact) mass is 280 g/mol. The van der Waals surface area contributed by atoms with Gasteiger partial charge in [-0.15, -0.1) is 0 Å². The van der Waals surface area contributed by atoms with E-state index in [0.29, 0.717) is 17.8 Å². The molecule has 0 N–H and O–H groups in total. The lowest BCUT2D eigenvalue weighted by Gasteiger charge is -2.50. The van der Waals surface area contributed by atoms with Crippen LogP contribution in [0.4, 0.5) is 0 Å². The molecule has 0 amide bonds. The van der Waals surface area contributed by atoms with Gasteiger partial charge in [-0.2, -0.15) is 0 Å². The molecule has 1 saturated heterocycles. The second kappa shape index (κ2) is 5.88. The van der Waals surface area contributed by atoms with Crippen molar-refractivity contribution in [2.24, 2.45) is 17.8 Å². The standard InChI is InChI=1S/C17H28O3/c1-6-7-13-11(2)8-9-14-16(13)15(19-12(3)18)10-17(4,5)20-14/h8-9,11,13-16H,6-7,10H2,1-5H3/t11-,13-,14+,15-,16+/m0/s1. The van der Waals surface area contributed by atoms with E-state index in [9.17, 15) is 4.79 Å². The third kappa shape index (κ3) is 3.25. The number of fused-ring (bicyclic) bond motifs is 1. The molecule has 2 rings (SSSR count). The van der Waals surface area contributed by atoms with E-state index in [4.69, 9.17) is 9.47 Å². The van der Waals surface area contributed by atoms with Crippen molar-refractivity contribution in [3.05, 3.63) is 12.2 Å². The lowest BCUT2D eigenvalue weighted by atomic mass is 9.67. The summed E-state index contributed by atoms with van der Waals surface area (Å²) in [4.78, 5) is 11.5. The number of hydrogen-bond donors (Lipinski definition) is 0. The van der Waals surface area contributed by atoms with E-state index >= 15 is 0 Å². The van der Waals surface area contributed by atoms with Crippen LogP contribution in [0, 0.1) is 17.8 Å². The van der Waals surface area contributed by atoms with Gasteiger partial charge < -0.3 is 9.47 Å². The minimum Gasteiger partial charge on any atom is -0.462 e. The van der Waals surface area contributed by atoms with Crippen molar-refractivity contribution in [2.75, 3.05) is 0 Å². The average molecular weight is 280 g/mol. The Bertz CT molecular complexity index is 386. The largest absolute Gasteiger partial charge is 0.462 e. The van der Waals surface area contributed by atoms with Crippen LogP contribution in [0.5, 0.6) is 0 Å². The van der Waals surface area contributed by atoms with Crippen molar-refractivity contribution in [3.8, 4) is 0 Å². The predicted molar refractivity (Wildman–Crippen MR) is 79.3 cm³/mol. The van der Waals surface area contributed by atoms with Crippen LogP contribution in [0.3, 0.4) is 0 Å². The highest BCUT2D eigenvalue weighted by atomic mass is 16.6. The van der Waals surface area contributed by atoms with Crippen molar-refractivity contribution in [2.45, 2.75) is 71.7 Å². The van der Waals surface area contributed by atoms with Crippen molar-refractivity contribution in [1.82, 2.24) is 0 Å². The van der Waals surface area contributed by atoms with Gasteiger partial charge in [0.15, 0.2) is 0 Å². The molecule has 0 bridgehead atoms. The summed E-state index contributed by atoms with van der Waals surface area (Å²) in [6.07, 6.45) is 7.61. The summed E-state index contributed by atoms with van der Waals surface area (Å²) in [5.41, 5.74) is -0.233. The number of allylic oxidation sites excluding steroid dienone is 1. The Morgan fingerprint density at radius 2 is 2.10 bits per heavy atom. The molecular formula is C17H28O3. The molecule has 5 atom stereocenters. The predicted octanol–water partition coefficient (Wildman–Crippen LogP) is 3.72. The maximum atomic E-state index is 11.5. The summed E-state index contributed by atoms with van der Waals surface area (Å²) in [6, 6.07) is 0. The van der Waals surface area contributed by atoms with Gasteiger partial charge in [-0.25, -0.2) is 0 Å². The van der Waals surface area contributed by atoms with Crippen molar-refractivity contribution >= 4 is 5.97 Å². The SMILES string of the molecule is CCC[C@@H]1[C@H]2[C@@H](OC(C)=O)CC(C)(C)O[C@@H]2C=C[C@@H]1C. The molecule has 0 aromatic heterocycles. The highest BCUT2D eigenvalue weighted by Gasteiger charge is 2.48. The average Bonchev–Trinajstić information content (AvgIpc) is 2.31. The van der Waals surface area contributed by atoms with Crippen LogP contribution in [0.2, 0.25) is 0 Å². The van der Waals surface area contributed by atoms with Gasteiger partial charge in [0.05, 0.1) is 11.7 Å². The molecule has 0 unspecified atom stereocenters. The zero-order chi connectivity index (χ0) is 14.9. The van der Waals surface area contributed by atoms with Crippen LogP contribution in [0.1, 0.15) is 53.9 Å². The van der Waals surface area contributed by atoms with E-state index < -0.39 is 0 Å². The first kappa shape index (κ1) is 15.6. The number of hydrogen-bond acceptors (Lipinski definition) is 3. The third-order valence-electron chi connectivity index (χ3n) is 4.67. The molecule has 1 heterocycles. The van der Waals surface area contributed by atoms with Crippen molar-refractivity contribution < 1.29 is 14.3 Å². The van der Waals surface area contributed by atoms with E-state index in [-0.39, 0.29) is 23.8 Å². The Kier molecular flexibility index (Phi) is 4.58.